The van der Waals surface area contributed by atoms with Crippen LogP contribution in [0.1, 0.15) is 50.2 Å². The molecular formula is C26H35N3O. The fourth-order valence-electron chi connectivity index (χ4n) is 5.83. The Bertz CT molecular complexity index is 769. The number of amides is 2. The third kappa shape index (κ3) is 4.24. The molecule has 2 heterocycles. The molecule has 2 aliphatic rings. The highest BCUT2D eigenvalue weighted by atomic mass is 16.2. The van der Waals surface area contributed by atoms with Crippen molar-refractivity contribution in [1.82, 2.24) is 15.5 Å². The van der Waals surface area contributed by atoms with Crippen LogP contribution in [0.3, 0.4) is 0 Å². The molecule has 2 aromatic carbocycles. The number of nitrogens with one attached hydrogen (secondary N) is 2. The molecule has 2 amide bonds. The van der Waals surface area contributed by atoms with Gasteiger partial charge in [0.1, 0.15) is 0 Å². The van der Waals surface area contributed by atoms with Crippen molar-refractivity contribution in [2.24, 2.45) is 5.92 Å². The van der Waals surface area contributed by atoms with Crippen LogP contribution in [0.2, 0.25) is 0 Å². The van der Waals surface area contributed by atoms with E-state index in [9.17, 15) is 4.79 Å². The normalized spacial score (nSPS) is 23.9. The third-order valence-corrected chi connectivity index (χ3v) is 7.37. The van der Waals surface area contributed by atoms with Crippen LogP contribution in [0, 0.1) is 5.92 Å². The summed E-state index contributed by atoms with van der Waals surface area (Å²) in [6.07, 6.45) is 6.25. The Morgan fingerprint density at radius 1 is 0.933 bits per heavy atom. The Balaban J connectivity index is 1.69. The van der Waals surface area contributed by atoms with Gasteiger partial charge in [-0.3, -0.25) is 0 Å². The quantitative estimate of drug-likeness (QED) is 0.709. The molecule has 160 valence electrons. The zero-order valence-corrected chi connectivity index (χ0v) is 18.3. The maximum atomic E-state index is 12.4. The Labute approximate surface area is 181 Å². The Hall–Kier alpha value is -2.33. The summed E-state index contributed by atoms with van der Waals surface area (Å²) in [6, 6.07) is 22.9. The van der Waals surface area contributed by atoms with Crippen molar-refractivity contribution in [3.8, 4) is 0 Å². The van der Waals surface area contributed by atoms with Gasteiger partial charge in [-0.1, -0.05) is 60.7 Å². The minimum Gasteiger partial charge on any atom is -0.338 e. The van der Waals surface area contributed by atoms with E-state index in [-0.39, 0.29) is 11.4 Å². The van der Waals surface area contributed by atoms with E-state index in [2.05, 4.69) is 83.2 Å². The van der Waals surface area contributed by atoms with E-state index in [4.69, 9.17) is 0 Å². The molecule has 4 rings (SSSR count). The molecule has 2 bridgehead atoms. The molecule has 4 nitrogen and oxygen atoms in total. The molecule has 0 saturated carbocycles. The summed E-state index contributed by atoms with van der Waals surface area (Å²) < 4.78 is 0. The van der Waals surface area contributed by atoms with E-state index in [0.29, 0.717) is 31.1 Å². The molecule has 2 aromatic rings. The van der Waals surface area contributed by atoms with Crippen LogP contribution in [0.5, 0.6) is 0 Å². The first-order chi connectivity index (χ1) is 14.6. The van der Waals surface area contributed by atoms with E-state index in [0.717, 1.165) is 6.42 Å². The molecule has 3 atom stereocenters. The minimum atomic E-state index is -0.229. The highest BCUT2D eigenvalue weighted by Gasteiger charge is 2.43. The maximum Gasteiger partial charge on any atom is 0.314 e. The predicted octanol–water partition coefficient (Wildman–Crippen LogP) is 4.55. The van der Waals surface area contributed by atoms with Gasteiger partial charge in [0.25, 0.3) is 0 Å². The number of benzene rings is 2. The number of fused-ring (bicyclic) bond motifs is 2. The lowest BCUT2D eigenvalue weighted by Gasteiger charge is -2.43. The van der Waals surface area contributed by atoms with E-state index in [1.54, 1.807) is 0 Å². The Kier molecular flexibility index (Phi) is 6.43. The molecule has 30 heavy (non-hydrogen) atoms. The molecule has 2 aliphatic heterocycles. The van der Waals surface area contributed by atoms with Crippen molar-refractivity contribution in [1.29, 1.82) is 0 Å². The highest BCUT2D eigenvalue weighted by molar-refractivity contribution is 5.74. The minimum absolute atomic E-state index is 0.0859. The Morgan fingerprint density at radius 2 is 1.47 bits per heavy atom. The SMILES string of the molecule is CCNC(=O)NCC(CC1CC2CC[C@@H](C1)N2C)(c1ccccc1)c1ccccc1. The second kappa shape index (κ2) is 9.22. The summed E-state index contributed by atoms with van der Waals surface area (Å²) in [6.45, 7) is 3.19. The van der Waals surface area contributed by atoms with Crippen LogP contribution >= 0.6 is 0 Å². The second-order valence-electron chi connectivity index (χ2n) is 9.12. The highest BCUT2D eigenvalue weighted by Crippen LogP contribution is 2.45. The summed E-state index contributed by atoms with van der Waals surface area (Å²) in [5.41, 5.74) is 2.35. The molecule has 2 fully saturated rings. The number of nitrogens with zero attached hydrogens (tertiary/aromatic N) is 1. The van der Waals surface area contributed by atoms with E-state index in [1.165, 1.54) is 36.8 Å². The van der Waals surface area contributed by atoms with E-state index < -0.39 is 0 Å². The second-order valence-corrected chi connectivity index (χ2v) is 9.12. The van der Waals surface area contributed by atoms with Gasteiger partial charge in [-0.25, -0.2) is 4.79 Å². The predicted molar refractivity (Wildman–Crippen MR) is 123 cm³/mol. The molecule has 2 N–H and O–H groups in total. The van der Waals surface area contributed by atoms with Crippen LogP contribution in [-0.4, -0.2) is 43.2 Å². The number of piperidine rings is 1. The summed E-state index contributed by atoms with van der Waals surface area (Å²) in [7, 11) is 2.30. The monoisotopic (exact) mass is 405 g/mol. The van der Waals surface area contributed by atoms with Crippen molar-refractivity contribution in [2.75, 3.05) is 20.1 Å². The molecule has 4 heteroatoms. The van der Waals surface area contributed by atoms with Gasteiger partial charge in [-0.2, -0.15) is 0 Å². The van der Waals surface area contributed by atoms with Gasteiger partial charge in [0.15, 0.2) is 0 Å². The number of urea groups is 1. The molecule has 0 aromatic heterocycles. The summed E-state index contributed by atoms with van der Waals surface area (Å²) in [5.74, 6) is 0.662. The van der Waals surface area contributed by atoms with Crippen LogP contribution < -0.4 is 10.6 Å². The first-order valence-corrected chi connectivity index (χ1v) is 11.5. The van der Waals surface area contributed by atoms with Gasteiger partial charge in [-0.15, -0.1) is 0 Å². The van der Waals surface area contributed by atoms with Crippen LogP contribution in [0.25, 0.3) is 0 Å². The van der Waals surface area contributed by atoms with Gasteiger partial charge in [0.2, 0.25) is 0 Å². The summed E-state index contributed by atoms with van der Waals surface area (Å²) >= 11 is 0. The van der Waals surface area contributed by atoms with Crippen molar-refractivity contribution < 1.29 is 4.79 Å². The van der Waals surface area contributed by atoms with Crippen molar-refractivity contribution in [2.45, 2.75) is 56.5 Å². The molecule has 0 radical (unpaired) electrons. The van der Waals surface area contributed by atoms with E-state index >= 15 is 0 Å². The standard InChI is InChI=1S/C26H35N3O/c1-3-27-25(30)28-19-26(21-10-6-4-7-11-21,22-12-8-5-9-13-22)18-20-16-23-14-15-24(17-20)29(23)2/h4-13,20,23-24H,3,14-19H2,1-2H3,(H2,27,28,30)/t20?,23-,24?/m0/s1. The molecular weight excluding hydrogens is 370 g/mol. The average Bonchev–Trinajstić information content (AvgIpc) is 2.98. The third-order valence-electron chi connectivity index (χ3n) is 7.37. The van der Waals surface area contributed by atoms with Crippen molar-refractivity contribution >= 4 is 6.03 Å². The lowest BCUT2D eigenvalue weighted by Crippen LogP contribution is -2.48. The zero-order chi connectivity index (χ0) is 21.0. The first kappa shape index (κ1) is 20.9. The lowest BCUT2D eigenvalue weighted by atomic mass is 9.67. The largest absolute Gasteiger partial charge is 0.338 e. The number of hydrogen-bond donors (Lipinski definition) is 2. The maximum absolute atomic E-state index is 12.4. The number of hydrogen-bond acceptors (Lipinski definition) is 2. The molecule has 2 saturated heterocycles. The summed E-state index contributed by atoms with van der Waals surface area (Å²) in [5, 5.41) is 6.10. The van der Waals surface area contributed by atoms with Crippen LogP contribution in [-0.2, 0) is 5.41 Å². The molecule has 2 unspecified atom stereocenters. The summed E-state index contributed by atoms with van der Waals surface area (Å²) in [4.78, 5) is 15.0. The number of carbonyl (C=O) groups excluding carboxylic acids is 1. The fourth-order valence-corrected chi connectivity index (χ4v) is 5.83. The Morgan fingerprint density at radius 3 is 1.97 bits per heavy atom. The lowest BCUT2D eigenvalue weighted by molar-refractivity contribution is 0.118. The fraction of sp³-hybridized carbons (Fsp3) is 0.500. The van der Waals surface area contributed by atoms with Crippen molar-refractivity contribution in [3.05, 3.63) is 71.8 Å². The average molecular weight is 406 g/mol. The van der Waals surface area contributed by atoms with Gasteiger partial charge >= 0.3 is 6.03 Å². The van der Waals surface area contributed by atoms with E-state index in [1.807, 2.05) is 6.92 Å². The van der Waals surface area contributed by atoms with Gasteiger partial charge in [0, 0.05) is 30.6 Å². The van der Waals surface area contributed by atoms with Gasteiger partial charge in [0.05, 0.1) is 0 Å². The van der Waals surface area contributed by atoms with Gasteiger partial charge in [-0.05, 0) is 63.1 Å². The smallest absolute Gasteiger partial charge is 0.314 e. The van der Waals surface area contributed by atoms with Gasteiger partial charge < -0.3 is 15.5 Å². The molecule has 0 aliphatic carbocycles. The first-order valence-electron chi connectivity index (χ1n) is 11.5. The van der Waals surface area contributed by atoms with Crippen LogP contribution in [0.15, 0.2) is 60.7 Å². The molecule has 0 spiro atoms. The number of rotatable bonds is 7. The topological polar surface area (TPSA) is 44.4 Å². The zero-order valence-electron chi connectivity index (χ0n) is 18.3. The van der Waals surface area contributed by atoms with Crippen molar-refractivity contribution in [3.63, 3.8) is 0 Å². The number of carbonyl (C=O) groups is 1. The van der Waals surface area contributed by atoms with Crippen LogP contribution in [0.4, 0.5) is 4.79 Å².